The molecule has 0 aliphatic heterocycles. The molecular formula is C22H17ClFNO2. The van der Waals surface area contributed by atoms with Gasteiger partial charge >= 0.3 is 0 Å². The molecule has 0 aliphatic rings. The summed E-state index contributed by atoms with van der Waals surface area (Å²) in [5, 5.41) is 2.91. The van der Waals surface area contributed by atoms with Crippen LogP contribution in [0.4, 0.5) is 10.1 Å². The Balaban J connectivity index is 1.72. The topological polar surface area (TPSA) is 38.3 Å². The lowest BCUT2D eigenvalue weighted by Gasteiger charge is -2.11. The fourth-order valence-corrected chi connectivity index (χ4v) is 2.65. The molecule has 0 unspecified atom stereocenters. The summed E-state index contributed by atoms with van der Waals surface area (Å²) in [6, 6.07) is 20.5. The number of ether oxygens (including phenoxy) is 1. The lowest BCUT2D eigenvalue weighted by atomic mass is 10.1. The van der Waals surface area contributed by atoms with E-state index in [9.17, 15) is 9.18 Å². The highest BCUT2D eigenvalue weighted by atomic mass is 35.5. The summed E-state index contributed by atoms with van der Waals surface area (Å²) in [5.74, 6) is 0.233. The van der Waals surface area contributed by atoms with Crippen LogP contribution >= 0.6 is 11.6 Å². The van der Waals surface area contributed by atoms with Gasteiger partial charge in [0.25, 0.3) is 5.91 Å². The van der Waals surface area contributed by atoms with Gasteiger partial charge in [-0.1, -0.05) is 29.8 Å². The van der Waals surface area contributed by atoms with Crippen molar-refractivity contribution in [2.75, 3.05) is 5.32 Å². The summed E-state index contributed by atoms with van der Waals surface area (Å²) in [6.45, 7) is 1.89. The van der Waals surface area contributed by atoms with Crippen LogP contribution in [0.3, 0.4) is 0 Å². The molecule has 1 amide bonds. The van der Waals surface area contributed by atoms with Gasteiger partial charge in [0.15, 0.2) is 0 Å². The minimum atomic E-state index is -0.663. The Hall–Kier alpha value is -3.11. The van der Waals surface area contributed by atoms with E-state index < -0.39 is 11.7 Å². The van der Waals surface area contributed by atoms with Gasteiger partial charge in [0.2, 0.25) is 0 Å². The second-order valence-electron chi connectivity index (χ2n) is 5.72. The summed E-state index contributed by atoms with van der Waals surface area (Å²) in [6.07, 6.45) is 1.86. The highest BCUT2D eigenvalue weighted by Gasteiger charge is 2.12. The van der Waals surface area contributed by atoms with Crippen molar-refractivity contribution < 1.29 is 13.9 Å². The molecule has 0 atom stereocenters. The largest absolute Gasteiger partial charge is 0.457 e. The Bertz CT molecular complexity index is 969. The van der Waals surface area contributed by atoms with Gasteiger partial charge in [-0.15, -0.1) is 0 Å². The summed E-state index contributed by atoms with van der Waals surface area (Å²) in [4.78, 5) is 12.2. The summed E-state index contributed by atoms with van der Waals surface area (Å²) >= 11 is 5.71. The van der Waals surface area contributed by atoms with Crippen LogP contribution in [0.15, 0.2) is 78.9 Å². The fourth-order valence-electron chi connectivity index (χ4n) is 2.49. The summed E-state index contributed by atoms with van der Waals surface area (Å²) in [5.41, 5.74) is 1.34. The van der Waals surface area contributed by atoms with Crippen molar-refractivity contribution in [2.24, 2.45) is 0 Å². The molecule has 0 aromatic heterocycles. The Morgan fingerprint density at radius 1 is 1.04 bits per heavy atom. The monoisotopic (exact) mass is 381 g/mol. The first kappa shape index (κ1) is 18.7. The maximum absolute atomic E-state index is 13.9. The van der Waals surface area contributed by atoms with Gasteiger partial charge in [0.05, 0.1) is 5.56 Å². The van der Waals surface area contributed by atoms with Gasteiger partial charge in [-0.3, -0.25) is 4.79 Å². The first-order valence-corrected chi connectivity index (χ1v) is 8.70. The van der Waals surface area contributed by atoms with Gasteiger partial charge in [0, 0.05) is 16.3 Å². The zero-order chi connectivity index (χ0) is 19.2. The predicted molar refractivity (Wildman–Crippen MR) is 107 cm³/mol. The smallest absolute Gasteiger partial charge is 0.258 e. The van der Waals surface area contributed by atoms with E-state index in [0.717, 1.165) is 17.4 Å². The second-order valence-corrected chi connectivity index (χ2v) is 6.16. The molecule has 0 radical (unpaired) electrons. The average Bonchev–Trinajstić information content (AvgIpc) is 2.67. The zero-order valence-corrected chi connectivity index (χ0v) is 15.3. The molecule has 1 N–H and O–H groups in total. The third kappa shape index (κ3) is 4.74. The van der Waals surface area contributed by atoms with Crippen molar-refractivity contribution in [2.45, 2.75) is 6.92 Å². The van der Waals surface area contributed by atoms with Crippen LogP contribution in [0.25, 0.3) is 5.76 Å². The van der Waals surface area contributed by atoms with E-state index in [2.05, 4.69) is 5.32 Å². The Kier molecular flexibility index (Phi) is 5.89. The highest BCUT2D eigenvalue weighted by Crippen LogP contribution is 2.23. The third-order valence-electron chi connectivity index (χ3n) is 3.84. The number of hydrogen-bond acceptors (Lipinski definition) is 2. The number of halogens is 2. The van der Waals surface area contributed by atoms with Gasteiger partial charge in [-0.2, -0.15) is 0 Å². The molecule has 3 rings (SSSR count). The average molecular weight is 382 g/mol. The predicted octanol–water partition coefficient (Wildman–Crippen LogP) is 6.17. The molecule has 0 fully saturated rings. The minimum Gasteiger partial charge on any atom is -0.457 e. The van der Waals surface area contributed by atoms with E-state index in [0.29, 0.717) is 11.4 Å². The van der Waals surface area contributed by atoms with E-state index in [1.54, 1.807) is 12.1 Å². The van der Waals surface area contributed by atoms with E-state index >= 15 is 0 Å². The molecule has 0 bridgehead atoms. The molecule has 3 nitrogen and oxygen atoms in total. The number of benzene rings is 3. The number of carbonyl (C=O) groups excluding carboxylic acids is 1. The van der Waals surface area contributed by atoms with Crippen LogP contribution in [0.5, 0.6) is 5.75 Å². The third-order valence-corrected chi connectivity index (χ3v) is 4.07. The fraction of sp³-hybridized carbons (Fsp3) is 0.0455. The molecular weight excluding hydrogens is 365 g/mol. The summed E-state index contributed by atoms with van der Waals surface area (Å²) < 4.78 is 19.7. The van der Waals surface area contributed by atoms with Crippen LogP contribution < -0.4 is 10.1 Å². The van der Waals surface area contributed by atoms with Crippen LogP contribution in [-0.4, -0.2) is 5.91 Å². The molecule has 0 saturated carbocycles. The van der Waals surface area contributed by atoms with Crippen LogP contribution in [-0.2, 0) is 0 Å². The summed E-state index contributed by atoms with van der Waals surface area (Å²) in [7, 11) is 0. The highest BCUT2D eigenvalue weighted by molar-refractivity contribution is 6.30. The van der Waals surface area contributed by atoms with Gasteiger partial charge in [-0.05, 0) is 67.6 Å². The molecule has 0 saturated heterocycles. The normalized spacial score (nSPS) is 11.1. The van der Waals surface area contributed by atoms with E-state index in [4.69, 9.17) is 16.3 Å². The number of allylic oxidation sites excluding steroid dienone is 1. The maximum atomic E-state index is 13.9. The van der Waals surface area contributed by atoms with E-state index in [-0.39, 0.29) is 10.6 Å². The molecule has 136 valence electrons. The maximum Gasteiger partial charge on any atom is 0.258 e. The quantitative estimate of drug-likeness (QED) is 0.536. The molecule has 5 heteroatoms. The molecule has 27 heavy (non-hydrogen) atoms. The number of carbonyl (C=O) groups is 1. The zero-order valence-electron chi connectivity index (χ0n) is 14.6. The number of para-hydroxylation sites is 1. The Labute approximate surface area is 162 Å². The van der Waals surface area contributed by atoms with Crippen LogP contribution in [0, 0.1) is 5.82 Å². The number of nitrogens with one attached hydrogen (secondary N) is 1. The van der Waals surface area contributed by atoms with Crippen molar-refractivity contribution in [3.63, 3.8) is 0 Å². The van der Waals surface area contributed by atoms with E-state index in [1.807, 2.05) is 55.5 Å². The van der Waals surface area contributed by atoms with Crippen LogP contribution in [0.2, 0.25) is 5.02 Å². The molecule has 3 aromatic carbocycles. The SMILES string of the molecule is C/C=C(\Oc1ccccc1)c1ccc(NC(=O)c2ccc(Cl)cc2F)cc1. The number of amides is 1. The van der Waals surface area contributed by atoms with Gasteiger partial charge in [-0.25, -0.2) is 4.39 Å². The van der Waals surface area contributed by atoms with Crippen molar-refractivity contribution in [1.82, 2.24) is 0 Å². The van der Waals surface area contributed by atoms with Crippen molar-refractivity contribution in [3.05, 3.63) is 101 Å². The molecule has 0 heterocycles. The number of rotatable bonds is 5. The van der Waals surface area contributed by atoms with Crippen molar-refractivity contribution >= 4 is 29.0 Å². The molecule has 3 aromatic rings. The van der Waals surface area contributed by atoms with Gasteiger partial charge in [0.1, 0.15) is 17.3 Å². The lowest BCUT2D eigenvalue weighted by Crippen LogP contribution is -2.13. The Morgan fingerprint density at radius 2 is 1.74 bits per heavy atom. The number of hydrogen-bond donors (Lipinski definition) is 1. The van der Waals surface area contributed by atoms with Crippen molar-refractivity contribution in [3.8, 4) is 5.75 Å². The van der Waals surface area contributed by atoms with Gasteiger partial charge < -0.3 is 10.1 Å². The molecule has 0 aliphatic carbocycles. The first-order chi connectivity index (χ1) is 13.1. The molecule has 0 spiro atoms. The second kappa shape index (κ2) is 8.52. The van der Waals surface area contributed by atoms with Crippen molar-refractivity contribution in [1.29, 1.82) is 0 Å². The lowest BCUT2D eigenvalue weighted by molar-refractivity contribution is 0.102. The van der Waals surface area contributed by atoms with Crippen LogP contribution in [0.1, 0.15) is 22.8 Å². The first-order valence-electron chi connectivity index (χ1n) is 8.33. The Morgan fingerprint density at radius 3 is 2.37 bits per heavy atom. The standard InChI is InChI=1S/C22H17ClFNO2/c1-2-21(27-18-6-4-3-5-7-18)15-8-11-17(12-9-15)25-22(26)19-13-10-16(23)14-20(19)24/h2-14H,1H3,(H,25,26)/b21-2-. The number of anilines is 1. The van der Waals surface area contributed by atoms with E-state index in [1.165, 1.54) is 12.1 Å². The minimum absolute atomic E-state index is 0.0648.